The molecule has 1 aromatic heterocycles. The highest BCUT2D eigenvalue weighted by molar-refractivity contribution is 8.00. The number of H-pyrrole nitrogens is 1. The fourth-order valence-corrected chi connectivity index (χ4v) is 2.99. The number of imidazole rings is 1. The first kappa shape index (κ1) is 11.5. The molecule has 0 spiro atoms. The van der Waals surface area contributed by atoms with E-state index in [0.717, 1.165) is 37.4 Å². The van der Waals surface area contributed by atoms with Crippen LogP contribution in [0, 0.1) is 0 Å². The summed E-state index contributed by atoms with van der Waals surface area (Å²) in [7, 11) is 0. The number of nitrogens with zero attached hydrogens (tertiary/aromatic N) is 1. The number of carbonyl (C=O) groups is 1. The van der Waals surface area contributed by atoms with Crippen molar-refractivity contribution in [3.8, 4) is 0 Å². The van der Waals surface area contributed by atoms with Crippen molar-refractivity contribution < 1.29 is 4.79 Å². The van der Waals surface area contributed by atoms with Crippen molar-refractivity contribution in [1.82, 2.24) is 15.3 Å². The summed E-state index contributed by atoms with van der Waals surface area (Å²) in [5.74, 6) is 2.33. The number of aromatic nitrogens is 2. The van der Waals surface area contributed by atoms with Crippen LogP contribution in [-0.2, 0) is 11.2 Å². The van der Waals surface area contributed by atoms with Crippen LogP contribution >= 0.6 is 11.8 Å². The molecule has 1 aromatic rings. The molecule has 0 radical (unpaired) electrons. The van der Waals surface area contributed by atoms with Gasteiger partial charge in [0.05, 0.1) is 5.25 Å². The van der Waals surface area contributed by atoms with Crippen molar-refractivity contribution in [2.45, 2.75) is 30.9 Å². The molecule has 1 amide bonds. The average Bonchev–Trinajstić information content (AvgIpc) is 2.96. The number of amides is 1. The predicted octanol–water partition coefficient (Wildman–Crippen LogP) is 1.35. The second kappa shape index (κ2) is 5.94. The van der Waals surface area contributed by atoms with Crippen molar-refractivity contribution in [1.29, 1.82) is 0 Å². The molecule has 1 saturated heterocycles. The van der Waals surface area contributed by atoms with Crippen LogP contribution in [0.2, 0.25) is 0 Å². The minimum atomic E-state index is 0.198. The molecule has 0 aliphatic carbocycles. The zero-order valence-electron chi connectivity index (χ0n) is 9.24. The summed E-state index contributed by atoms with van der Waals surface area (Å²) >= 11 is 1.78. The van der Waals surface area contributed by atoms with Crippen molar-refractivity contribution >= 4 is 17.7 Å². The lowest BCUT2D eigenvalue weighted by molar-refractivity contribution is -0.120. The van der Waals surface area contributed by atoms with Gasteiger partial charge >= 0.3 is 0 Å². The summed E-state index contributed by atoms with van der Waals surface area (Å²) in [6, 6.07) is 0. The molecular formula is C11H17N3OS. The number of carbonyl (C=O) groups excluding carboxylic acids is 1. The van der Waals surface area contributed by atoms with E-state index < -0.39 is 0 Å². The first-order valence-corrected chi connectivity index (χ1v) is 6.79. The highest BCUT2D eigenvalue weighted by Gasteiger charge is 2.22. The lowest BCUT2D eigenvalue weighted by Crippen LogP contribution is -2.32. The molecular weight excluding hydrogens is 222 g/mol. The molecule has 5 heteroatoms. The van der Waals surface area contributed by atoms with Crippen LogP contribution in [0.25, 0.3) is 0 Å². The van der Waals surface area contributed by atoms with Gasteiger partial charge in [-0.1, -0.05) is 0 Å². The summed E-state index contributed by atoms with van der Waals surface area (Å²) in [6.07, 6.45) is 7.62. The minimum absolute atomic E-state index is 0.198. The van der Waals surface area contributed by atoms with Gasteiger partial charge in [0.15, 0.2) is 0 Å². The molecule has 2 N–H and O–H groups in total. The van der Waals surface area contributed by atoms with E-state index in [1.165, 1.54) is 6.42 Å². The Hall–Kier alpha value is -0.970. The predicted molar refractivity (Wildman–Crippen MR) is 65.4 cm³/mol. The standard InChI is InChI=1S/C11H17N3OS/c15-11(9-3-2-8-16-9)14-5-1-4-10-12-6-7-13-10/h6-7,9H,1-5,8H2,(H,12,13)(H,14,15). The van der Waals surface area contributed by atoms with Gasteiger partial charge in [-0.2, -0.15) is 0 Å². The van der Waals surface area contributed by atoms with Crippen molar-refractivity contribution in [3.05, 3.63) is 18.2 Å². The van der Waals surface area contributed by atoms with Gasteiger partial charge in [0.25, 0.3) is 0 Å². The maximum absolute atomic E-state index is 11.7. The number of hydrogen-bond acceptors (Lipinski definition) is 3. The molecule has 88 valence electrons. The molecule has 4 nitrogen and oxygen atoms in total. The van der Waals surface area contributed by atoms with E-state index in [-0.39, 0.29) is 11.2 Å². The Kier molecular flexibility index (Phi) is 4.27. The fraction of sp³-hybridized carbons (Fsp3) is 0.636. The zero-order valence-corrected chi connectivity index (χ0v) is 10.1. The SMILES string of the molecule is O=C(NCCCc1ncc[nH]1)C1CCCS1. The maximum Gasteiger partial charge on any atom is 0.233 e. The van der Waals surface area contributed by atoms with Gasteiger partial charge in [0, 0.05) is 25.4 Å². The van der Waals surface area contributed by atoms with Gasteiger partial charge in [-0.25, -0.2) is 4.98 Å². The molecule has 0 aromatic carbocycles. The fourth-order valence-electron chi connectivity index (χ4n) is 1.80. The van der Waals surface area contributed by atoms with Crippen LogP contribution in [0.1, 0.15) is 25.1 Å². The third kappa shape index (κ3) is 3.27. The largest absolute Gasteiger partial charge is 0.355 e. The molecule has 16 heavy (non-hydrogen) atoms. The van der Waals surface area contributed by atoms with Gasteiger partial charge in [-0.05, 0) is 25.0 Å². The minimum Gasteiger partial charge on any atom is -0.355 e. The monoisotopic (exact) mass is 239 g/mol. The Morgan fingerprint density at radius 2 is 2.62 bits per heavy atom. The van der Waals surface area contributed by atoms with Crippen LogP contribution in [-0.4, -0.2) is 33.4 Å². The second-order valence-corrected chi connectivity index (χ2v) is 5.24. The first-order valence-electron chi connectivity index (χ1n) is 5.74. The Labute approximate surface area is 99.6 Å². The lowest BCUT2D eigenvalue weighted by Gasteiger charge is -2.09. The Morgan fingerprint density at radius 3 is 3.31 bits per heavy atom. The van der Waals surface area contributed by atoms with E-state index in [1.54, 1.807) is 18.0 Å². The van der Waals surface area contributed by atoms with Gasteiger partial charge in [0.1, 0.15) is 5.82 Å². The van der Waals surface area contributed by atoms with Crippen molar-refractivity contribution in [2.24, 2.45) is 0 Å². The summed E-state index contributed by atoms with van der Waals surface area (Å²) < 4.78 is 0. The highest BCUT2D eigenvalue weighted by atomic mass is 32.2. The number of rotatable bonds is 5. The van der Waals surface area contributed by atoms with Crippen LogP contribution in [0.15, 0.2) is 12.4 Å². The van der Waals surface area contributed by atoms with Crippen LogP contribution < -0.4 is 5.32 Å². The Morgan fingerprint density at radius 1 is 1.69 bits per heavy atom. The quantitative estimate of drug-likeness (QED) is 0.763. The summed E-state index contributed by atoms with van der Waals surface area (Å²) in [5, 5.41) is 3.18. The average molecular weight is 239 g/mol. The number of aromatic amines is 1. The molecule has 2 rings (SSSR count). The Bertz CT molecular complexity index is 320. The summed E-state index contributed by atoms with van der Waals surface area (Å²) in [6.45, 7) is 0.747. The molecule has 0 bridgehead atoms. The van der Waals surface area contributed by atoms with E-state index in [0.29, 0.717) is 0 Å². The zero-order chi connectivity index (χ0) is 11.2. The number of nitrogens with one attached hydrogen (secondary N) is 2. The number of hydrogen-bond donors (Lipinski definition) is 2. The maximum atomic E-state index is 11.7. The van der Waals surface area contributed by atoms with E-state index in [4.69, 9.17) is 0 Å². The summed E-state index contributed by atoms with van der Waals surface area (Å²) in [5.41, 5.74) is 0. The van der Waals surface area contributed by atoms with E-state index in [9.17, 15) is 4.79 Å². The third-order valence-electron chi connectivity index (χ3n) is 2.67. The van der Waals surface area contributed by atoms with Gasteiger partial charge in [0.2, 0.25) is 5.91 Å². The van der Waals surface area contributed by atoms with Gasteiger partial charge in [-0.3, -0.25) is 4.79 Å². The van der Waals surface area contributed by atoms with Gasteiger partial charge in [-0.15, -0.1) is 11.8 Å². The van der Waals surface area contributed by atoms with E-state index in [2.05, 4.69) is 15.3 Å². The molecule has 0 saturated carbocycles. The van der Waals surface area contributed by atoms with E-state index >= 15 is 0 Å². The van der Waals surface area contributed by atoms with Gasteiger partial charge < -0.3 is 10.3 Å². The second-order valence-electron chi connectivity index (χ2n) is 3.93. The molecule has 1 unspecified atom stereocenters. The number of aryl methyl sites for hydroxylation is 1. The van der Waals surface area contributed by atoms with Crippen LogP contribution in [0.4, 0.5) is 0 Å². The molecule has 1 aliphatic rings. The smallest absolute Gasteiger partial charge is 0.233 e. The molecule has 1 aliphatic heterocycles. The molecule has 2 heterocycles. The lowest BCUT2D eigenvalue weighted by atomic mass is 10.2. The highest BCUT2D eigenvalue weighted by Crippen LogP contribution is 2.25. The topological polar surface area (TPSA) is 57.8 Å². The van der Waals surface area contributed by atoms with Crippen LogP contribution in [0.3, 0.4) is 0 Å². The van der Waals surface area contributed by atoms with E-state index in [1.807, 2.05) is 6.20 Å². The normalized spacial score (nSPS) is 19.9. The molecule has 1 atom stereocenters. The van der Waals surface area contributed by atoms with Crippen LogP contribution in [0.5, 0.6) is 0 Å². The first-order chi connectivity index (χ1) is 7.86. The van der Waals surface area contributed by atoms with Crippen molar-refractivity contribution in [3.63, 3.8) is 0 Å². The van der Waals surface area contributed by atoms with Crippen molar-refractivity contribution in [2.75, 3.05) is 12.3 Å². The Balaban J connectivity index is 1.59. The summed E-state index contributed by atoms with van der Waals surface area (Å²) in [4.78, 5) is 18.8. The third-order valence-corrected chi connectivity index (χ3v) is 4.04. The number of thioether (sulfide) groups is 1. The molecule has 1 fully saturated rings.